The van der Waals surface area contributed by atoms with E-state index < -0.39 is 0 Å². The van der Waals surface area contributed by atoms with Crippen molar-refractivity contribution in [3.63, 3.8) is 0 Å². The normalized spacial score (nSPS) is 17.7. The van der Waals surface area contributed by atoms with Crippen LogP contribution in [0.4, 0.5) is 0 Å². The van der Waals surface area contributed by atoms with Gasteiger partial charge < -0.3 is 4.74 Å². The number of ether oxygens (including phenoxy) is 1. The Morgan fingerprint density at radius 1 is 1.37 bits per heavy atom. The number of aromatic nitrogens is 2. The van der Waals surface area contributed by atoms with Gasteiger partial charge in [-0.05, 0) is 25.3 Å². The van der Waals surface area contributed by atoms with Gasteiger partial charge in [0.2, 0.25) is 0 Å². The molecule has 19 heavy (non-hydrogen) atoms. The minimum absolute atomic E-state index is 0.0399. The van der Waals surface area contributed by atoms with E-state index in [1.54, 1.807) is 6.33 Å². The molecule has 3 rings (SSSR count). The molecule has 1 fully saturated rings. The maximum atomic E-state index is 10.5. The van der Waals surface area contributed by atoms with Gasteiger partial charge in [0.25, 0.3) is 6.47 Å². The molecule has 2 aromatic rings. The zero-order valence-electron chi connectivity index (χ0n) is 10.8. The second-order valence-electron chi connectivity index (χ2n) is 4.97. The highest BCUT2D eigenvalue weighted by Gasteiger charge is 2.48. The van der Waals surface area contributed by atoms with Crippen LogP contribution in [-0.2, 0) is 14.9 Å². The number of benzene rings is 1. The standard InChI is InChI=1S/C15H16N2O2/c1-12(19-11-18)17-10-16-9-14(17)15(7-8-15)13-5-3-2-4-6-13/h2-6,9-12H,7-8H2,1H3. The van der Waals surface area contributed by atoms with Crippen LogP contribution in [0.5, 0.6) is 0 Å². The van der Waals surface area contributed by atoms with Crippen molar-refractivity contribution in [2.75, 3.05) is 0 Å². The summed E-state index contributed by atoms with van der Waals surface area (Å²) in [6.07, 6.45) is 5.50. The van der Waals surface area contributed by atoms with Crippen LogP contribution < -0.4 is 0 Å². The van der Waals surface area contributed by atoms with Crippen molar-refractivity contribution >= 4 is 6.47 Å². The summed E-state index contributed by atoms with van der Waals surface area (Å²) in [5.74, 6) is 0. The summed E-state index contributed by atoms with van der Waals surface area (Å²) in [4.78, 5) is 14.7. The molecular weight excluding hydrogens is 240 g/mol. The third-order valence-corrected chi connectivity index (χ3v) is 3.88. The van der Waals surface area contributed by atoms with Crippen LogP contribution in [0.2, 0.25) is 0 Å². The van der Waals surface area contributed by atoms with Gasteiger partial charge in [-0.2, -0.15) is 0 Å². The molecule has 1 aromatic carbocycles. The van der Waals surface area contributed by atoms with Crippen molar-refractivity contribution in [1.82, 2.24) is 9.55 Å². The molecular formula is C15H16N2O2. The Hall–Kier alpha value is -2.10. The Bertz CT molecular complexity index is 573. The first-order valence-electron chi connectivity index (χ1n) is 6.45. The second kappa shape index (κ2) is 4.53. The van der Waals surface area contributed by atoms with E-state index >= 15 is 0 Å². The molecule has 0 radical (unpaired) electrons. The van der Waals surface area contributed by atoms with Crippen molar-refractivity contribution in [1.29, 1.82) is 0 Å². The van der Waals surface area contributed by atoms with Crippen LogP contribution in [0.15, 0.2) is 42.9 Å². The lowest BCUT2D eigenvalue weighted by Gasteiger charge is -2.21. The minimum atomic E-state index is -0.323. The summed E-state index contributed by atoms with van der Waals surface area (Å²) in [6, 6.07) is 10.4. The molecule has 1 heterocycles. The first-order chi connectivity index (χ1) is 9.28. The average molecular weight is 256 g/mol. The number of hydrogen-bond donors (Lipinski definition) is 0. The fourth-order valence-electron chi connectivity index (χ4n) is 2.69. The van der Waals surface area contributed by atoms with Crippen molar-refractivity contribution in [2.24, 2.45) is 0 Å². The average Bonchev–Trinajstić information content (AvgIpc) is 3.10. The lowest BCUT2D eigenvalue weighted by atomic mass is 9.92. The molecule has 0 bridgehead atoms. The molecule has 0 spiro atoms. The third-order valence-electron chi connectivity index (χ3n) is 3.88. The summed E-state index contributed by atoms with van der Waals surface area (Å²) >= 11 is 0. The molecule has 0 amide bonds. The zero-order valence-corrected chi connectivity index (χ0v) is 10.8. The first kappa shape index (κ1) is 12.0. The monoisotopic (exact) mass is 256 g/mol. The van der Waals surface area contributed by atoms with Crippen LogP contribution in [-0.4, -0.2) is 16.0 Å². The molecule has 1 unspecified atom stereocenters. The molecule has 1 aliphatic carbocycles. The lowest BCUT2D eigenvalue weighted by molar-refractivity contribution is -0.136. The summed E-state index contributed by atoms with van der Waals surface area (Å²) in [5.41, 5.74) is 2.46. The third kappa shape index (κ3) is 1.93. The molecule has 1 aromatic heterocycles. The molecule has 0 N–H and O–H groups in total. The molecule has 98 valence electrons. The van der Waals surface area contributed by atoms with Gasteiger partial charge in [-0.1, -0.05) is 30.3 Å². The number of rotatable bonds is 5. The molecule has 1 atom stereocenters. The maximum Gasteiger partial charge on any atom is 0.295 e. The van der Waals surface area contributed by atoms with Gasteiger partial charge in [0.15, 0.2) is 6.23 Å². The largest absolute Gasteiger partial charge is 0.444 e. The van der Waals surface area contributed by atoms with E-state index in [0.29, 0.717) is 6.47 Å². The topological polar surface area (TPSA) is 44.1 Å². The van der Waals surface area contributed by atoms with Crippen LogP contribution in [0.1, 0.15) is 37.3 Å². The minimum Gasteiger partial charge on any atom is -0.444 e. The predicted molar refractivity (Wildman–Crippen MR) is 70.5 cm³/mol. The molecule has 1 aliphatic rings. The number of imidazole rings is 1. The van der Waals surface area contributed by atoms with E-state index in [0.717, 1.165) is 18.5 Å². The highest BCUT2D eigenvalue weighted by atomic mass is 16.5. The van der Waals surface area contributed by atoms with Gasteiger partial charge in [-0.3, -0.25) is 9.36 Å². The van der Waals surface area contributed by atoms with E-state index in [1.807, 2.05) is 23.8 Å². The summed E-state index contributed by atoms with van der Waals surface area (Å²) in [6.45, 7) is 2.33. The molecule has 0 aliphatic heterocycles. The quantitative estimate of drug-likeness (QED) is 0.772. The Morgan fingerprint density at radius 2 is 2.11 bits per heavy atom. The Balaban J connectivity index is 1.99. The number of carbonyl (C=O) groups is 1. The van der Waals surface area contributed by atoms with Crippen LogP contribution in [0.3, 0.4) is 0 Å². The van der Waals surface area contributed by atoms with Gasteiger partial charge >= 0.3 is 0 Å². The Kier molecular flexibility index (Phi) is 2.85. The van der Waals surface area contributed by atoms with Crippen LogP contribution in [0, 0.1) is 0 Å². The molecule has 4 heteroatoms. The predicted octanol–water partition coefficient (Wildman–Crippen LogP) is 2.65. The molecule has 0 saturated heterocycles. The fraction of sp³-hybridized carbons (Fsp3) is 0.333. The maximum absolute atomic E-state index is 10.5. The van der Waals surface area contributed by atoms with E-state index in [1.165, 1.54) is 5.56 Å². The van der Waals surface area contributed by atoms with Crippen molar-refractivity contribution in [3.8, 4) is 0 Å². The lowest BCUT2D eigenvalue weighted by Crippen LogP contribution is -2.18. The smallest absolute Gasteiger partial charge is 0.295 e. The van der Waals surface area contributed by atoms with E-state index in [9.17, 15) is 4.79 Å². The molecule has 1 saturated carbocycles. The van der Waals surface area contributed by atoms with Gasteiger partial charge in [0.1, 0.15) is 0 Å². The highest BCUT2D eigenvalue weighted by molar-refractivity contribution is 5.42. The van der Waals surface area contributed by atoms with E-state index in [4.69, 9.17) is 4.74 Å². The summed E-state index contributed by atoms with van der Waals surface area (Å²) in [7, 11) is 0. The number of nitrogens with zero attached hydrogens (tertiary/aromatic N) is 2. The van der Waals surface area contributed by atoms with Gasteiger partial charge in [0.05, 0.1) is 12.0 Å². The zero-order chi connectivity index (χ0) is 13.3. The highest BCUT2D eigenvalue weighted by Crippen LogP contribution is 2.53. The molecule has 4 nitrogen and oxygen atoms in total. The van der Waals surface area contributed by atoms with E-state index in [2.05, 4.69) is 29.2 Å². The van der Waals surface area contributed by atoms with Crippen molar-refractivity contribution < 1.29 is 9.53 Å². The number of carbonyl (C=O) groups excluding carboxylic acids is 1. The first-order valence-corrected chi connectivity index (χ1v) is 6.45. The summed E-state index contributed by atoms with van der Waals surface area (Å²) < 4.78 is 6.97. The van der Waals surface area contributed by atoms with Crippen molar-refractivity contribution in [3.05, 3.63) is 54.1 Å². The fourth-order valence-corrected chi connectivity index (χ4v) is 2.69. The second-order valence-corrected chi connectivity index (χ2v) is 4.97. The van der Waals surface area contributed by atoms with Crippen molar-refractivity contribution in [2.45, 2.75) is 31.4 Å². The van der Waals surface area contributed by atoms with Crippen LogP contribution in [0.25, 0.3) is 0 Å². The van der Waals surface area contributed by atoms with Gasteiger partial charge in [0, 0.05) is 11.6 Å². The Morgan fingerprint density at radius 3 is 2.74 bits per heavy atom. The van der Waals surface area contributed by atoms with Gasteiger partial charge in [-0.15, -0.1) is 0 Å². The van der Waals surface area contributed by atoms with Crippen LogP contribution >= 0.6 is 0 Å². The SMILES string of the molecule is CC(OC=O)n1cncc1C1(c2ccccc2)CC1. The van der Waals surface area contributed by atoms with Gasteiger partial charge in [-0.25, -0.2) is 4.98 Å². The number of hydrogen-bond acceptors (Lipinski definition) is 3. The Labute approximate surface area is 112 Å². The van der Waals surface area contributed by atoms with E-state index in [-0.39, 0.29) is 11.6 Å². The summed E-state index contributed by atoms with van der Waals surface area (Å²) in [5, 5.41) is 0.